The molecule has 0 radical (unpaired) electrons. The highest BCUT2D eigenvalue weighted by Gasteiger charge is 1.96. The highest BCUT2D eigenvalue weighted by atomic mass is 79.9. The molecule has 0 aromatic carbocycles. The third-order valence-electron chi connectivity index (χ3n) is 1.03. The number of carbonyl (C=O) groups excluding carboxylic acids is 2. The van der Waals surface area contributed by atoms with Crippen LogP contribution >= 0.6 is 15.9 Å². The maximum atomic E-state index is 10.2. The molecule has 0 saturated heterocycles. The summed E-state index contributed by atoms with van der Waals surface area (Å²) in [7, 11) is 0. The number of primary amides is 2. The van der Waals surface area contributed by atoms with E-state index < -0.39 is 0 Å². The largest absolute Gasteiger partial charge is 0.369 e. The molecule has 5 heteroatoms. The van der Waals surface area contributed by atoms with Crippen LogP contribution in [0, 0.1) is 0 Å². The number of hydrogen-bond donors (Lipinski definition) is 2. The summed E-state index contributed by atoms with van der Waals surface area (Å²) in [4.78, 5) is 19.8. The van der Waals surface area contributed by atoms with E-state index in [0.29, 0.717) is 5.57 Å². The van der Waals surface area contributed by atoms with Gasteiger partial charge in [0.25, 0.3) is 0 Å². The van der Waals surface area contributed by atoms with E-state index in [1.54, 1.807) is 0 Å². The third kappa shape index (κ3) is 14.1. The quantitative estimate of drug-likeness (QED) is 0.569. The molecule has 13 heavy (non-hydrogen) atoms. The Morgan fingerprint density at radius 1 is 1.38 bits per heavy atom. The Bertz CT molecular complexity index is 193. The summed E-state index contributed by atoms with van der Waals surface area (Å²) in [6, 6.07) is 0. The number of alkyl halides is 1. The molecule has 0 spiro atoms. The predicted octanol–water partition coefficient (Wildman–Crippen LogP) is 0.695. The van der Waals surface area contributed by atoms with E-state index in [4.69, 9.17) is 5.73 Å². The minimum Gasteiger partial charge on any atom is -0.369 e. The average Bonchev–Trinajstić information content (AvgIpc) is 2.06. The van der Waals surface area contributed by atoms with Crippen LogP contribution in [-0.4, -0.2) is 17.1 Å². The molecule has 0 atom stereocenters. The summed E-state index contributed by atoms with van der Waals surface area (Å²) >= 11 is 2.84. The van der Waals surface area contributed by atoms with Crippen LogP contribution in [0.15, 0.2) is 12.2 Å². The molecule has 0 aromatic rings. The van der Waals surface area contributed by atoms with Gasteiger partial charge in [-0.15, -0.1) is 0 Å². The molecular formula is C8H15BrN2O2. The molecule has 76 valence electrons. The minimum atomic E-state index is -0.383. The Labute approximate surface area is 86.5 Å². The van der Waals surface area contributed by atoms with Gasteiger partial charge in [0, 0.05) is 5.57 Å². The fraction of sp³-hybridized carbons (Fsp3) is 0.500. The van der Waals surface area contributed by atoms with Gasteiger partial charge in [0.15, 0.2) is 0 Å². The van der Waals surface area contributed by atoms with Crippen LogP contribution < -0.4 is 11.5 Å². The topological polar surface area (TPSA) is 86.2 Å². The molecule has 0 aliphatic rings. The van der Waals surface area contributed by atoms with E-state index in [1.165, 1.54) is 0 Å². The van der Waals surface area contributed by atoms with Crippen molar-refractivity contribution in [1.82, 2.24) is 0 Å². The molecule has 0 aliphatic heterocycles. The maximum absolute atomic E-state index is 10.2. The molecule has 0 saturated carbocycles. The van der Waals surface area contributed by atoms with Crippen molar-refractivity contribution in [2.24, 2.45) is 11.5 Å². The highest BCUT2D eigenvalue weighted by Crippen LogP contribution is 1.98. The normalized spacial score (nSPS) is 8.15. The first-order valence-electron chi connectivity index (χ1n) is 3.77. The monoisotopic (exact) mass is 250 g/mol. The molecule has 0 rings (SSSR count). The van der Waals surface area contributed by atoms with Crippen LogP contribution in [-0.2, 0) is 9.59 Å². The van der Waals surface area contributed by atoms with E-state index in [0.717, 1.165) is 12.8 Å². The van der Waals surface area contributed by atoms with E-state index in [2.05, 4.69) is 28.2 Å². The predicted molar refractivity (Wildman–Crippen MR) is 56.2 cm³/mol. The summed E-state index contributed by atoms with van der Waals surface area (Å²) in [5, 5.41) is 0.257. The molecule has 0 fully saturated rings. The summed E-state index contributed by atoms with van der Waals surface area (Å²) in [5.74, 6) is -0.711. The lowest BCUT2D eigenvalue weighted by molar-refractivity contribution is -0.116. The van der Waals surface area contributed by atoms with Crippen molar-refractivity contribution in [3.05, 3.63) is 12.2 Å². The second-order valence-electron chi connectivity index (χ2n) is 2.32. The minimum absolute atomic E-state index is 0.257. The zero-order valence-electron chi connectivity index (χ0n) is 7.68. The number of carbonyl (C=O) groups is 2. The molecule has 0 aromatic heterocycles. The lowest BCUT2D eigenvalue weighted by Gasteiger charge is -1.93. The second kappa shape index (κ2) is 9.25. The van der Waals surface area contributed by atoms with Crippen LogP contribution in [0.2, 0.25) is 0 Å². The Morgan fingerprint density at radius 2 is 1.77 bits per heavy atom. The van der Waals surface area contributed by atoms with Crippen molar-refractivity contribution < 1.29 is 9.59 Å². The highest BCUT2D eigenvalue weighted by molar-refractivity contribution is 9.09. The van der Waals surface area contributed by atoms with E-state index in [-0.39, 0.29) is 17.1 Å². The van der Waals surface area contributed by atoms with E-state index in [1.807, 2.05) is 6.92 Å². The zero-order chi connectivity index (χ0) is 10.9. The average molecular weight is 251 g/mol. The Balaban J connectivity index is 0. The van der Waals surface area contributed by atoms with Crippen LogP contribution in [0.3, 0.4) is 0 Å². The number of hydrogen-bond acceptors (Lipinski definition) is 2. The molecule has 0 aliphatic carbocycles. The van der Waals surface area contributed by atoms with Gasteiger partial charge in [0.05, 0.1) is 5.33 Å². The van der Waals surface area contributed by atoms with Gasteiger partial charge in [-0.05, 0) is 6.42 Å². The lowest BCUT2D eigenvalue weighted by atomic mass is 10.2. The standard InChI is InChI=1S/C6H11NO.C2H4BrNO/c1-3-4-5(2)6(7)8;3-1-2(4)5/h2-4H2,1H3,(H2,7,8);1H2,(H2,4,5). The molecule has 0 bridgehead atoms. The Morgan fingerprint density at radius 3 is 1.85 bits per heavy atom. The zero-order valence-corrected chi connectivity index (χ0v) is 9.26. The molecule has 4 N–H and O–H groups in total. The van der Waals surface area contributed by atoms with Crippen LogP contribution in [0.4, 0.5) is 0 Å². The number of amides is 2. The van der Waals surface area contributed by atoms with Crippen molar-refractivity contribution >= 4 is 27.7 Å². The maximum Gasteiger partial charge on any atom is 0.244 e. The Hall–Kier alpha value is -0.840. The lowest BCUT2D eigenvalue weighted by Crippen LogP contribution is -2.12. The van der Waals surface area contributed by atoms with E-state index >= 15 is 0 Å². The fourth-order valence-corrected chi connectivity index (χ4v) is 0.425. The number of nitrogens with two attached hydrogens (primary N) is 2. The molecular weight excluding hydrogens is 236 g/mol. The smallest absolute Gasteiger partial charge is 0.244 e. The fourth-order valence-electron chi connectivity index (χ4n) is 0.425. The summed E-state index contributed by atoms with van der Waals surface area (Å²) in [5.41, 5.74) is 10.0. The van der Waals surface area contributed by atoms with Crippen molar-refractivity contribution in [3.8, 4) is 0 Å². The van der Waals surface area contributed by atoms with Crippen LogP contribution in [0.1, 0.15) is 19.8 Å². The molecule has 0 unspecified atom stereocenters. The summed E-state index contributed by atoms with van der Waals surface area (Å²) < 4.78 is 0. The Kier molecular flexibility index (Phi) is 10.4. The van der Waals surface area contributed by atoms with E-state index in [9.17, 15) is 9.59 Å². The second-order valence-corrected chi connectivity index (χ2v) is 2.88. The van der Waals surface area contributed by atoms with Gasteiger partial charge in [-0.3, -0.25) is 9.59 Å². The molecule has 0 heterocycles. The third-order valence-corrected chi connectivity index (χ3v) is 1.58. The number of halogens is 1. The van der Waals surface area contributed by atoms with Crippen LogP contribution in [0.25, 0.3) is 0 Å². The van der Waals surface area contributed by atoms with Gasteiger partial charge >= 0.3 is 0 Å². The number of rotatable bonds is 4. The van der Waals surface area contributed by atoms with Gasteiger partial charge in [-0.25, -0.2) is 0 Å². The van der Waals surface area contributed by atoms with Gasteiger partial charge in [-0.1, -0.05) is 35.9 Å². The van der Waals surface area contributed by atoms with Gasteiger partial charge in [-0.2, -0.15) is 0 Å². The SMILES string of the molecule is C=C(CCC)C(N)=O.NC(=O)CBr. The first kappa shape index (κ1) is 14.7. The van der Waals surface area contributed by atoms with Gasteiger partial charge in [0.1, 0.15) is 0 Å². The molecule has 2 amide bonds. The van der Waals surface area contributed by atoms with Gasteiger partial charge in [0.2, 0.25) is 11.8 Å². The van der Waals surface area contributed by atoms with Crippen LogP contribution in [0.5, 0.6) is 0 Å². The summed E-state index contributed by atoms with van der Waals surface area (Å²) in [6.45, 7) is 5.45. The van der Waals surface area contributed by atoms with Gasteiger partial charge < -0.3 is 11.5 Å². The molecule has 4 nitrogen and oxygen atoms in total. The van der Waals surface area contributed by atoms with Crippen molar-refractivity contribution in [2.75, 3.05) is 5.33 Å². The van der Waals surface area contributed by atoms with Crippen molar-refractivity contribution in [1.29, 1.82) is 0 Å². The first-order valence-corrected chi connectivity index (χ1v) is 4.89. The summed E-state index contributed by atoms with van der Waals surface area (Å²) in [6.07, 6.45) is 1.65. The van der Waals surface area contributed by atoms with Crippen molar-refractivity contribution in [2.45, 2.75) is 19.8 Å². The van der Waals surface area contributed by atoms with Crippen molar-refractivity contribution in [3.63, 3.8) is 0 Å². The first-order chi connectivity index (χ1) is 5.95.